The average molecular weight is 249 g/mol. The Morgan fingerprint density at radius 2 is 2.39 bits per heavy atom. The zero-order chi connectivity index (χ0) is 13.7. The maximum Gasteiger partial charge on any atom is 0.354 e. The minimum absolute atomic E-state index is 0.0948. The third-order valence-electron chi connectivity index (χ3n) is 2.10. The molecule has 0 aliphatic rings. The van der Waals surface area contributed by atoms with Gasteiger partial charge in [0.15, 0.2) is 5.69 Å². The number of carboxylic acid groups (broad SMARTS) is 1. The first-order chi connectivity index (χ1) is 8.45. The highest BCUT2D eigenvalue weighted by Crippen LogP contribution is 2.23. The van der Waals surface area contributed by atoms with Gasteiger partial charge in [0.2, 0.25) is 5.82 Å². The quantitative estimate of drug-likeness (QED) is 0.465. The van der Waals surface area contributed by atoms with E-state index in [1.54, 1.807) is 6.92 Å². The van der Waals surface area contributed by atoms with Crippen molar-refractivity contribution in [3.05, 3.63) is 27.9 Å². The number of aromatic carboxylic acids is 1. The number of rotatable bonds is 5. The minimum atomic E-state index is -1.25. The molecule has 0 saturated heterocycles. The molecule has 0 amide bonds. The summed E-state index contributed by atoms with van der Waals surface area (Å²) in [6.07, 6.45) is 5.46. The maximum absolute atomic E-state index is 10.8. The minimum Gasteiger partial charge on any atom is -0.477 e. The monoisotopic (exact) mass is 249 g/mol. The Hall–Kier alpha value is -2.62. The number of carboxylic acids is 1. The van der Waals surface area contributed by atoms with E-state index in [-0.39, 0.29) is 23.2 Å². The summed E-state index contributed by atoms with van der Waals surface area (Å²) < 4.78 is 0. The van der Waals surface area contributed by atoms with E-state index < -0.39 is 10.9 Å². The van der Waals surface area contributed by atoms with Crippen LogP contribution in [0.3, 0.4) is 0 Å². The normalized spacial score (nSPS) is 11.3. The number of hydrogen-bond acceptors (Lipinski definition) is 5. The smallest absolute Gasteiger partial charge is 0.354 e. The molecule has 18 heavy (non-hydrogen) atoms. The number of nitrogens with one attached hydrogen (secondary N) is 1. The molecule has 2 N–H and O–H groups in total. The van der Waals surface area contributed by atoms with Crippen LogP contribution in [0.1, 0.15) is 23.8 Å². The van der Waals surface area contributed by atoms with Crippen molar-refractivity contribution in [1.29, 1.82) is 0 Å². The molecule has 94 valence electrons. The predicted octanol–water partition coefficient (Wildman–Crippen LogP) is 1.51. The molecule has 1 atom stereocenters. The second-order valence-corrected chi connectivity index (χ2v) is 3.58. The van der Waals surface area contributed by atoms with E-state index in [1.807, 2.05) is 0 Å². The number of nitro groups is 1. The van der Waals surface area contributed by atoms with Gasteiger partial charge in [0, 0.05) is 18.5 Å². The molecule has 0 radical (unpaired) electrons. The fraction of sp³-hybridized carbons (Fsp3) is 0.273. The zero-order valence-corrected chi connectivity index (χ0v) is 9.58. The Labute approximate surface area is 103 Å². The summed E-state index contributed by atoms with van der Waals surface area (Å²) in [7, 11) is 0. The van der Waals surface area contributed by atoms with Gasteiger partial charge in [-0.2, -0.15) is 0 Å². The van der Waals surface area contributed by atoms with Crippen molar-refractivity contribution in [1.82, 2.24) is 4.98 Å². The molecule has 0 bridgehead atoms. The van der Waals surface area contributed by atoms with E-state index >= 15 is 0 Å². The predicted molar refractivity (Wildman–Crippen MR) is 64.4 cm³/mol. The highest BCUT2D eigenvalue weighted by Gasteiger charge is 2.19. The molecule has 0 saturated carbocycles. The molecule has 1 unspecified atom stereocenters. The van der Waals surface area contributed by atoms with Crippen LogP contribution in [-0.4, -0.2) is 27.0 Å². The average Bonchev–Trinajstić information content (AvgIpc) is 2.28. The number of anilines is 1. The topological polar surface area (TPSA) is 105 Å². The third-order valence-corrected chi connectivity index (χ3v) is 2.10. The van der Waals surface area contributed by atoms with Crippen molar-refractivity contribution >= 4 is 17.5 Å². The van der Waals surface area contributed by atoms with Gasteiger partial charge in [0.1, 0.15) is 0 Å². The van der Waals surface area contributed by atoms with Crippen LogP contribution < -0.4 is 5.32 Å². The van der Waals surface area contributed by atoms with Gasteiger partial charge < -0.3 is 10.4 Å². The fourth-order valence-electron chi connectivity index (χ4n) is 1.29. The number of pyridine rings is 1. The standard InChI is InChI=1S/C11H11N3O4/c1-3-4-7(2)12-10-9(14(17)18)6-5-8(13-10)11(15)16/h1,5-7H,4H2,2H3,(H,12,13)(H,15,16). The highest BCUT2D eigenvalue weighted by atomic mass is 16.6. The Kier molecular flexibility index (Phi) is 4.21. The number of hydrogen-bond donors (Lipinski definition) is 2. The van der Waals surface area contributed by atoms with E-state index in [4.69, 9.17) is 11.5 Å². The van der Waals surface area contributed by atoms with Crippen LogP contribution >= 0.6 is 0 Å². The first-order valence-corrected chi connectivity index (χ1v) is 5.04. The van der Waals surface area contributed by atoms with Crippen molar-refractivity contribution in [2.45, 2.75) is 19.4 Å². The van der Waals surface area contributed by atoms with Crippen molar-refractivity contribution in [2.75, 3.05) is 5.32 Å². The lowest BCUT2D eigenvalue weighted by atomic mass is 10.2. The first-order valence-electron chi connectivity index (χ1n) is 5.04. The number of aromatic nitrogens is 1. The Morgan fingerprint density at radius 1 is 1.72 bits per heavy atom. The summed E-state index contributed by atoms with van der Waals surface area (Å²) in [6.45, 7) is 1.72. The molecule has 1 rings (SSSR count). The molecular formula is C11H11N3O4. The van der Waals surface area contributed by atoms with Gasteiger partial charge in [-0.3, -0.25) is 10.1 Å². The van der Waals surface area contributed by atoms with E-state index in [9.17, 15) is 14.9 Å². The first kappa shape index (κ1) is 13.4. The molecule has 1 heterocycles. The van der Waals surface area contributed by atoms with Crippen LogP contribution in [0.2, 0.25) is 0 Å². The molecule has 0 aromatic carbocycles. The molecule has 0 spiro atoms. The van der Waals surface area contributed by atoms with Gasteiger partial charge >= 0.3 is 11.7 Å². The lowest BCUT2D eigenvalue weighted by molar-refractivity contribution is -0.384. The van der Waals surface area contributed by atoms with Crippen LogP contribution in [0, 0.1) is 22.5 Å². The van der Waals surface area contributed by atoms with E-state index in [0.29, 0.717) is 6.42 Å². The summed E-state index contributed by atoms with van der Waals surface area (Å²) in [5.74, 6) is 1.05. The maximum atomic E-state index is 10.8. The third kappa shape index (κ3) is 3.18. The summed E-state index contributed by atoms with van der Waals surface area (Å²) in [5, 5.41) is 22.3. The van der Waals surface area contributed by atoms with Crippen LogP contribution in [0.4, 0.5) is 11.5 Å². The molecule has 1 aromatic heterocycles. The second-order valence-electron chi connectivity index (χ2n) is 3.58. The van der Waals surface area contributed by atoms with E-state index in [2.05, 4.69) is 16.2 Å². The van der Waals surface area contributed by atoms with Crippen LogP contribution in [0.15, 0.2) is 12.1 Å². The molecule has 0 fully saturated rings. The molecule has 0 aliphatic carbocycles. The van der Waals surface area contributed by atoms with Gasteiger partial charge in [-0.15, -0.1) is 12.3 Å². The van der Waals surface area contributed by atoms with Crippen LogP contribution in [0.25, 0.3) is 0 Å². The van der Waals surface area contributed by atoms with Crippen molar-refractivity contribution < 1.29 is 14.8 Å². The van der Waals surface area contributed by atoms with Crippen LogP contribution in [-0.2, 0) is 0 Å². The largest absolute Gasteiger partial charge is 0.477 e. The molecule has 1 aromatic rings. The molecular weight excluding hydrogens is 238 g/mol. The second kappa shape index (κ2) is 5.63. The Morgan fingerprint density at radius 3 is 2.89 bits per heavy atom. The Balaban J connectivity index is 3.12. The molecule has 7 nitrogen and oxygen atoms in total. The summed E-state index contributed by atoms with van der Waals surface area (Å²) in [5.41, 5.74) is -0.556. The summed E-state index contributed by atoms with van der Waals surface area (Å²) in [6, 6.07) is 1.93. The lowest BCUT2D eigenvalue weighted by Crippen LogP contribution is -2.17. The van der Waals surface area contributed by atoms with E-state index in [1.165, 1.54) is 0 Å². The van der Waals surface area contributed by atoms with Gasteiger partial charge in [-0.25, -0.2) is 9.78 Å². The van der Waals surface area contributed by atoms with Crippen molar-refractivity contribution in [3.8, 4) is 12.3 Å². The molecule has 0 aliphatic heterocycles. The highest BCUT2D eigenvalue weighted by molar-refractivity contribution is 5.86. The van der Waals surface area contributed by atoms with Gasteiger partial charge in [0.25, 0.3) is 0 Å². The SMILES string of the molecule is C#CCC(C)Nc1nc(C(=O)O)ccc1[N+](=O)[O-]. The summed E-state index contributed by atoms with van der Waals surface area (Å²) in [4.78, 5) is 24.6. The Bertz CT molecular complexity index is 522. The van der Waals surface area contributed by atoms with E-state index in [0.717, 1.165) is 12.1 Å². The number of carbonyl (C=O) groups is 1. The molecule has 7 heteroatoms. The number of terminal acetylenes is 1. The summed E-state index contributed by atoms with van der Waals surface area (Å²) >= 11 is 0. The number of nitrogens with zero attached hydrogens (tertiary/aromatic N) is 2. The zero-order valence-electron chi connectivity index (χ0n) is 9.58. The van der Waals surface area contributed by atoms with Crippen molar-refractivity contribution in [2.24, 2.45) is 0 Å². The van der Waals surface area contributed by atoms with Crippen molar-refractivity contribution in [3.63, 3.8) is 0 Å². The van der Waals surface area contributed by atoms with Crippen LogP contribution in [0.5, 0.6) is 0 Å². The lowest BCUT2D eigenvalue weighted by Gasteiger charge is -2.11. The van der Waals surface area contributed by atoms with Gasteiger partial charge in [-0.05, 0) is 13.0 Å². The van der Waals surface area contributed by atoms with Gasteiger partial charge in [0.05, 0.1) is 4.92 Å². The van der Waals surface area contributed by atoms with Gasteiger partial charge in [-0.1, -0.05) is 0 Å². The fourth-order valence-corrected chi connectivity index (χ4v) is 1.29.